The van der Waals surface area contributed by atoms with Crippen LogP contribution in [-0.4, -0.2) is 53.3 Å². The van der Waals surface area contributed by atoms with E-state index in [0.717, 1.165) is 22.3 Å². The van der Waals surface area contributed by atoms with Crippen LogP contribution in [0.1, 0.15) is 41.0 Å². The van der Waals surface area contributed by atoms with Crippen LogP contribution in [0.25, 0.3) is 0 Å². The van der Waals surface area contributed by atoms with Gasteiger partial charge in [0.2, 0.25) is 0 Å². The zero-order valence-corrected chi connectivity index (χ0v) is 29.2. The number of hydrogen-bond donors (Lipinski definition) is 2. The summed E-state index contributed by atoms with van der Waals surface area (Å²) in [5.74, 6) is 1.13. The second kappa shape index (κ2) is 13.5. The summed E-state index contributed by atoms with van der Waals surface area (Å²) >= 11 is 0. The van der Waals surface area contributed by atoms with Crippen molar-refractivity contribution < 1.29 is 28.8 Å². The highest BCUT2D eigenvalue weighted by atomic mass is 16.6. The third-order valence-corrected chi connectivity index (χ3v) is 10.5. The number of aromatic nitrogens is 2. The first kappa shape index (κ1) is 34.3. The van der Waals surface area contributed by atoms with Gasteiger partial charge in [-0.1, -0.05) is 79.2 Å². The minimum absolute atomic E-state index is 0.133. The predicted octanol–water partition coefficient (Wildman–Crippen LogP) is 5.52. The van der Waals surface area contributed by atoms with Gasteiger partial charge in [0.15, 0.2) is 5.60 Å². The second-order valence-electron chi connectivity index (χ2n) is 13.5. The molecule has 1 saturated carbocycles. The first-order valence-corrected chi connectivity index (χ1v) is 17.0. The number of rotatable bonds is 11. The summed E-state index contributed by atoms with van der Waals surface area (Å²) in [6.45, 7) is 5.49. The zero-order chi connectivity index (χ0) is 35.9. The molecule has 1 aliphatic carbocycles. The molecular formula is C41H42N2O8. The Morgan fingerprint density at radius 1 is 0.804 bits per heavy atom. The fourth-order valence-corrected chi connectivity index (χ4v) is 7.77. The van der Waals surface area contributed by atoms with Crippen molar-refractivity contribution in [3.63, 3.8) is 0 Å². The van der Waals surface area contributed by atoms with Crippen LogP contribution < -0.4 is 25.5 Å². The quantitative estimate of drug-likeness (QED) is 0.174. The van der Waals surface area contributed by atoms with Crippen molar-refractivity contribution in [1.29, 1.82) is 0 Å². The summed E-state index contributed by atoms with van der Waals surface area (Å²) in [5.41, 5.74) is 0.145. The average Bonchev–Trinajstić information content (AvgIpc) is 3.55. The summed E-state index contributed by atoms with van der Waals surface area (Å²) in [6.07, 6.45) is -1.18. The number of fused-ring (bicyclic) bond motifs is 2. The summed E-state index contributed by atoms with van der Waals surface area (Å²) in [7, 11) is 3.24. The third kappa shape index (κ3) is 5.83. The molecule has 264 valence electrons. The van der Waals surface area contributed by atoms with Gasteiger partial charge in [-0.25, -0.2) is 4.79 Å². The van der Waals surface area contributed by atoms with Crippen molar-refractivity contribution in [1.82, 2.24) is 9.55 Å². The van der Waals surface area contributed by atoms with Crippen LogP contribution in [0.15, 0.2) is 119 Å². The molecule has 5 aromatic rings. The highest BCUT2D eigenvalue weighted by Gasteiger charge is 2.71. The number of aryl methyl sites for hydroxylation is 2. The van der Waals surface area contributed by atoms with Gasteiger partial charge in [-0.05, 0) is 66.9 Å². The monoisotopic (exact) mass is 690 g/mol. The van der Waals surface area contributed by atoms with E-state index in [0.29, 0.717) is 22.8 Å². The van der Waals surface area contributed by atoms with Crippen molar-refractivity contribution >= 4 is 0 Å². The van der Waals surface area contributed by atoms with Crippen LogP contribution in [0.5, 0.6) is 17.2 Å². The van der Waals surface area contributed by atoms with Gasteiger partial charge < -0.3 is 28.8 Å². The van der Waals surface area contributed by atoms with Crippen LogP contribution in [0.3, 0.4) is 0 Å². The molecule has 0 unspecified atom stereocenters. The first-order chi connectivity index (χ1) is 24.6. The van der Waals surface area contributed by atoms with E-state index in [-0.39, 0.29) is 12.5 Å². The molecule has 10 nitrogen and oxygen atoms in total. The number of methoxy groups -OCH3 is 2. The first-order valence-electron chi connectivity index (χ1n) is 17.0. The topological polar surface area (TPSA) is 121 Å². The maximum Gasteiger partial charge on any atom is 0.330 e. The van der Waals surface area contributed by atoms with E-state index in [1.54, 1.807) is 21.1 Å². The number of aliphatic hydroxyl groups is 1. The van der Waals surface area contributed by atoms with Crippen molar-refractivity contribution in [2.45, 2.75) is 50.4 Å². The lowest BCUT2D eigenvalue weighted by molar-refractivity contribution is -0.216. The molecule has 2 bridgehead atoms. The summed E-state index contributed by atoms with van der Waals surface area (Å²) in [4.78, 5) is 27.9. The Morgan fingerprint density at radius 2 is 1.35 bits per heavy atom. The lowest BCUT2D eigenvalue weighted by Crippen LogP contribution is -2.56. The van der Waals surface area contributed by atoms with E-state index in [4.69, 9.17) is 23.7 Å². The van der Waals surface area contributed by atoms with Crippen molar-refractivity contribution in [2.24, 2.45) is 11.8 Å². The molecular weight excluding hydrogens is 648 g/mol. The zero-order valence-electron chi connectivity index (χ0n) is 29.2. The predicted molar refractivity (Wildman–Crippen MR) is 191 cm³/mol. The number of H-pyrrole nitrogens is 1. The molecule has 2 aliphatic rings. The van der Waals surface area contributed by atoms with Gasteiger partial charge in [-0.3, -0.25) is 14.3 Å². The molecule has 0 radical (unpaired) electrons. The summed E-state index contributed by atoms with van der Waals surface area (Å²) in [6, 6.07) is 33.0. The minimum atomic E-state index is -1.44. The number of hydrogen-bond acceptors (Lipinski definition) is 8. The van der Waals surface area contributed by atoms with Crippen molar-refractivity contribution in [3.05, 3.63) is 158 Å². The lowest BCUT2D eigenvalue weighted by atomic mass is 9.79. The Balaban J connectivity index is 1.39. The van der Waals surface area contributed by atoms with Gasteiger partial charge in [0, 0.05) is 23.6 Å². The molecule has 1 aromatic heterocycles. The maximum atomic E-state index is 13.2. The largest absolute Gasteiger partial charge is 0.497 e. The number of ether oxygens (including phenoxy) is 5. The molecule has 6 atom stereocenters. The normalized spacial score (nSPS) is 24.0. The molecule has 2 N–H and O–H groups in total. The second-order valence-corrected chi connectivity index (χ2v) is 13.5. The van der Waals surface area contributed by atoms with E-state index in [9.17, 15) is 14.7 Å². The van der Waals surface area contributed by atoms with E-state index in [2.05, 4.69) is 4.98 Å². The van der Waals surface area contributed by atoms with E-state index < -0.39 is 46.8 Å². The number of benzene rings is 4. The highest BCUT2D eigenvalue weighted by molar-refractivity contribution is 5.50. The highest BCUT2D eigenvalue weighted by Crippen LogP contribution is 2.57. The van der Waals surface area contributed by atoms with E-state index in [1.165, 1.54) is 10.8 Å². The lowest BCUT2D eigenvalue weighted by Gasteiger charge is -2.44. The molecule has 4 aromatic carbocycles. The molecule has 0 spiro atoms. The van der Waals surface area contributed by atoms with Gasteiger partial charge >= 0.3 is 5.69 Å². The van der Waals surface area contributed by atoms with Gasteiger partial charge in [-0.15, -0.1) is 0 Å². The Morgan fingerprint density at radius 3 is 1.92 bits per heavy atom. The molecule has 2 fully saturated rings. The van der Waals surface area contributed by atoms with Crippen molar-refractivity contribution in [2.75, 3.05) is 20.8 Å². The smallest absolute Gasteiger partial charge is 0.330 e. The molecule has 1 aliphatic heterocycles. The Labute approximate surface area is 296 Å². The van der Waals surface area contributed by atoms with Gasteiger partial charge in [0.05, 0.1) is 26.9 Å². The van der Waals surface area contributed by atoms with Crippen LogP contribution >= 0.6 is 0 Å². The SMILES string of the molecule is COc1ccc(C(OC[C@]23O[C@@H](n4cc(C)c(=O)[nH]c4=O)[C@H]([C@H](C)[C@@H]2Oc2ccc(C)cc2)[C@@H]3O)(c2ccccc2)c2ccc(OC)cc2)cc1. The summed E-state index contributed by atoms with van der Waals surface area (Å²) < 4.78 is 33.3. The standard InChI is InChI=1S/C41H42N2O8/c1-25-11-17-33(18-12-25)50-36-27(3)34-35(44)40(36,51-38(34)43-23-26(2)37(45)42-39(43)46)24-49-41(28-9-7-6-8-10-28,29-13-19-31(47-4)20-14-29)30-15-21-32(48-5)22-16-30/h6-23,27,34-36,38,44H,24H2,1-5H3,(H,42,45,46)/t27-,34+,35-,36-,38+,40+/m0/s1. The molecule has 51 heavy (non-hydrogen) atoms. The van der Waals surface area contributed by atoms with Crippen LogP contribution in [0, 0.1) is 25.7 Å². The van der Waals surface area contributed by atoms with Crippen LogP contribution in [0.4, 0.5) is 0 Å². The van der Waals surface area contributed by atoms with Gasteiger partial charge in [0.1, 0.15) is 35.2 Å². The molecule has 10 heteroatoms. The maximum absolute atomic E-state index is 13.2. The molecule has 1 saturated heterocycles. The Hall–Kier alpha value is -5.16. The van der Waals surface area contributed by atoms with E-state index in [1.807, 2.05) is 117 Å². The Bertz CT molecular complexity index is 2050. The Kier molecular flexibility index (Phi) is 9.09. The fraction of sp³-hybridized carbons (Fsp3) is 0.317. The molecule has 7 rings (SSSR count). The van der Waals surface area contributed by atoms with Crippen LogP contribution in [0.2, 0.25) is 0 Å². The molecule has 0 amide bonds. The molecule has 2 heterocycles. The van der Waals surface area contributed by atoms with Gasteiger partial charge in [0.25, 0.3) is 5.56 Å². The number of aromatic amines is 1. The van der Waals surface area contributed by atoms with E-state index >= 15 is 0 Å². The minimum Gasteiger partial charge on any atom is -0.497 e. The van der Waals surface area contributed by atoms with Crippen molar-refractivity contribution in [3.8, 4) is 17.2 Å². The average molecular weight is 691 g/mol. The number of nitrogens with one attached hydrogen (secondary N) is 1. The third-order valence-electron chi connectivity index (χ3n) is 10.5. The number of nitrogens with zero attached hydrogens (tertiary/aromatic N) is 1. The summed E-state index contributed by atoms with van der Waals surface area (Å²) in [5, 5.41) is 12.3. The van der Waals surface area contributed by atoms with Crippen LogP contribution in [-0.2, 0) is 15.1 Å². The fourth-order valence-electron chi connectivity index (χ4n) is 7.77. The van der Waals surface area contributed by atoms with Gasteiger partial charge in [-0.2, -0.15) is 0 Å². The number of aliphatic hydroxyl groups excluding tert-OH is 1.